The van der Waals surface area contributed by atoms with Crippen LogP contribution in [0.5, 0.6) is 0 Å². The molecule has 2 aromatic carbocycles. The molecule has 1 aromatic heterocycles. The van der Waals surface area contributed by atoms with Crippen LogP contribution in [0.2, 0.25) is 0 Å². The number of primary amides is 1. The van der Waals surface area contributed by atoms with Crippen molar-refractivity contribution in [2.75, 3.05) is 0 Å². The number of hydrogen-bond donors (Lipinski definition) is 3. The second-order valence-electron chi connectivity index (χ2n) is 9.47. The molecule has 0 saturated heterocycles. The van der Waals surface area contributed by atoms with Crippen molar-refractivity contribution >= 4 is 22.8 Å². The molecule has 3 aromatic rings. The minimum absolute atomic E-state index is 0.0260. The van der Waals surface area contributed by atoms with Crippen LogP contribution in [0.1, 0.15) is 49.2 Å². The van der Waals surface area contributed by atoms with Gasteiger partial charge in [-0.2, -0.15) is 0 Å². The highest BCUT2D eigenvalue weighted by atomic mass is 19.1. The van der Waals surface area contributed by atoms with Gasteiger partial charge in [-0.25, -0.2) is 18.2 Å². The van der Waals surface area contributed by atoms with Crippen LogP contribution in [0.15, 0.2) is 48.7 Å². The van der Waals surface area contributed by atoms with Gasteiger partial charge >= 0.3 is 0 Å². The van der Waals surface area contributed by atoms with E-state index in [0.717, 1.165) is 12.1 Å². The number of alkyl halides is 1. The molecule has 0 bridgehead atoms. The Morgan fingerprint density at radius 1 is 1.11 bits per heavy atom. The molecule has 3 atom stereocenters. The fourth-order valence-electron chi connectivity index (χ4n) is 3.92. The number of carbonyl (C=O) groups excluding carboxylic acids is 2. The maximum atomic E-state index is 14.0. The molecule has 0 radical (unpaired) electrons. The molecule has 0 spiro atoms. The zero-order chi connectivity index (χ0) is 26.5. The van der Waals surface area contributed by atoms with Crippen molar-refractivity contribution in [3.8, 4) is 0 Å². The number of aliphatic hydroxyl groups is 1. The summed E-state index contributed by atoms with van der Waals surface area (Å²) in [7, 11) is 0. The fourth-order valence-corrected chi connectivity index (χ4v) is 3.92. The number of halogens is 3. The minimum atomic E-state index is -1.54. The first kappa shape index (κ1) is 27.1. The molecule has 2 amide bonds. The van der Waals surface area contributed by atoms with Crippen molar-refractivity contribution in [3.05, 3.63) is 71.6 Å². The molecule has 0 aliphatic heterocycles. The van der Waals surface area contributed by atoms with Gasteiger partial charge in [-0.05, 0) is 69.4 Å². The summed E-state index contributed by atoms with van der Waals surface area (Å²) in [6, 6.07) is 8.76. The standard InChI is InChI=1S/C26H29F3N4O3/c1-26(2,29)8-7-16(24(30)35)12-23(34)21(11-15-9-17(27)13-18(28)10-15)33-25(36)22-14-31-19-5-3-4-6-20(19)32-22/h3-6,9-10,13-14,16,21,23,34H,7-8,11-12H2,1-2H3,(H2,30,35)(H,33,36). The largest absolute Gasteiger partial charge is 0.391 e. The highest BCUT2D eigenvalue weighted by Crippen LogP contribution is 2.24. The number of nitrogens with two attached hydrogens (primary N) is 1. The number of rotatable bonds is 11. The third kappa shape index (κ3) is 7.74. The van der Waals surface area contributed by atoms with E-state index in [1.54, 1.807) is 24.3 Å². The first-order chi connectivity index (χ1) is 16.9. The number of aromatic nitrogens is 2. The normalized spacial score (nSPS) is 14.3. The van der Waals surface area contributed by atoms with Gasteiger partial charge in [0.1, 0.15) is 23.0 Å². The Labute approximate surface area is 206 Å². The van der Waals surface area contributed by atoms with Gasteiger partial charge in [0.15, 0.2) is 0 Å². The van der Waals surface area contributed by atoms with Crippen molar-refractivity contribution in [3.63, 3.8) is 0 Å². The first-order valence-electron chi connectivity index (χ1n) is 11.5. The van der Waals surface area contributed by atoms with Crippen molar-refractivity contribution in [2.45, 2.75) is 57.3 Å². The van der Waals surface area contributed by atoms with Gasteiger partial charge in [0.2, 0.25) is 5.91 Å². The van der Waals surface area contributed by atoms with Crippen molar-refractivity contribution in [2.24, 2.45) is 11.7 Å². The Bertz CT molecular complexity index is 1210. The monoisotopic (exact) mass is 502 g/mol. The van der Waals surface area contributed by atoms with Gasteiger partial charge in [-0.1, -0.05) is 12.1 Å². The maximum absolute atomic E-state index is 14.0. The molecule has 3 unspecified atom stereocenters. The van der Waals surface area contributed by atoms with E-state index in [0.29, 0.717) is 17.1 Å². The number of fused-ring (bicyclic) bond motifs is 1. The summed E-state index contributed by atoms with van der Waals surface area (Å²) in [5, 5.41) is 13.6. The van der Waals surface area contributed by atoms with Crippen LogP contribution in [0.25, 0.3) is 11.0 Å². The predicted octanol–water partition coefficient (Wildman–Crippen LogP) is 3.63. The molecule has 1 heterocycles. The van der Waals surface area contributed by atoms with Crippen LogP contribution < -0.4 is 11.1 Å². The number of aliphatic hydroxyl groups excluding tert-OH is 1. The molecular formula is C26H29F3N4O3. The smallest absolute Gasteiger partial charge is 0.271 e. The van der Waals surface area contributed by atoms with Crippen molar-refractivity contribution < 1.29 is 27.9 Å². The summed E-state index contributed by atoms with van der Waals surface area (Å²) in [5.74, 6) is -3.90. The first-order valence-corrected chi connectivity index (χ1v) is 11.5. The average Bonchev–Trinajstić information content (AvgIpc) is 2.79. The number of benzene rings is 2. The van der Waals surface area contributed by atoms with E-state index in [4.69, 9.17) is 5.73 Å². The van der Waals surface area contributed by atoms with Crippen LogP contribution in [-0.4, -0.2) is 44.7 Å². The van der Waals surface area contributed by atoms with E-state index < -0.39 is 47.2 Å². The zero-order valence-corrected chi connectivity index (χ0v) is 20.0. The highest BCUT2D eigenvalue weighted by molar-refractivity contribution is 5.94. The zero-order valence-electron chi connectivity index (χ0n) is 20.0. The van der Waals surface area contributed by atoms with E-state index in [-0.39, 0.29) is 36.9 Å². The molecule has 192 valence electrons. The SMILES string of the molecule is CC(C)(F)CCC(CC(O)C(Cc1cc(F)cc(F)c1)NC(=O)c1cnc2ccccc2n1)C(N)=O. The highest BCUT2D eigenvalue weighted by Gasteiger charge is 2.30. The lowest BCUT2D eigenvalue weighted by Gasteiger charge is -2.27. The summed E-state index contributed by atoms with van der Waals surface area (Å²) < 4.78 is 41.5. The third-order valence-electron chi connectivity index (χ3n) is 5.86. The molecule has 10 heteroatoms. The molecule has 0 fully saturated rings. The number of amides is 2. The second kappa shape index (κ2) is 11.5. The lowest BCUT2D eigenvalue weighted by molar-refractivity contribution is -0.123. The Hall–Kier alpha value is -3.53. The van der Waals surface area contributed by atoms with E-state index in [1.165, 1.54) is 20.0 Å². The molecule has 0 aliphatic carbocycles. The van der Waals surface area contributed by atoms with Crippen molar-refractivity contribution in [1.82, 2.24) is 15.3 Å². The number of para-hydroxylation sites is 2. The van der Waals surface area contributed by atoms with Gasteiger partial charge < -0.3 is 16.2 Å². The van der Waals surface area contributed by atoms with Crippen LogP contribution in [0.3, 0.4) is 0 Å². The van der Waals surface area contributed by atoms with E-state index in [9.17, 15) is 27.9 Å². The number of hydrogen-bond acceptors (Lipinski definition) is 5. The Morgan fingerprint density at radius 2 is 1.75 bits per heavy atom. The van der Waals surface area contributed by atoms with Crippen LogP contribution in [0, 0.1) is 17.6 Å². The lowest BCUT2D eigenvalue weighted by atomic mass is 9.88. The molecule has 7 nitrogen and oxygen atoms in total. The summed E-state index contributed by atoms with van der Waals surface area (Å²) in [5.41, 5.74) is 5.16. The third-order valence-corrected chi connectivity index (χ3v) is 5.86. The van der Waals surface area contributed by atoms with Gasteiger partial charge in [-0.3, -0.25) is 14.6 Å². The number of nitrogens with zero attached hydrogens (tertiary/aromatic N) is 2. The lowest BCUT2D eigenvalue weighted by Crippen LogP contribution is -2.46. The average molecular weight is 503 g/mol. The molecule has 4 N–H and O–H groups in total. The molecule has 0 saturated carbocycles. The summed E-state index contributed by atoms with van der Waals surface area (Å²) in [4.78, 5) is 33.4. The summed E-state index contributed by atoms with van der Waals surface area (Å²) >= 11 is 0. The predicted molar refractivity (Wildman–Crippen MR) is 129 cm³/mol. The molecule has 36 heavy (non-hydrogen) atoms. The summed E-state index contributed by atoms with van der Waals surface area (Å²) in [6.07, 6.45) is -0.277. The topological polar surface area (TPSA) is 118 Å². The van der Waals surface area contributed by atoms with Gasteiger partial charge in [0, 0.05) is 12.0 Å². The fraction of sp³-hybridized carbons (Fsp3) is 0.385. The Kier molecular flexibility index (Phi) is 8.62. The van der Waals surface area contributed by atoms with Crippen LogP contribution in [0.4, 0.5) is 13.2 Å². The summed E-state index contributed by atoms with van der Waals surface area (Å²) in [6.45, 7) is 2.74. The molecular weight excluding hydrogens is 473 g/mol. The Balaban J connectivity index is 1.84. The maximum Gasteiger partial charge on any atom is 0.271 e. The Morgan fingerprint density at radius 3 is 2.36 bits per heavy atom. The molecule has 0 aliphatic rings. The van der Waals surface area contributed by atoms with Crippen LogP contribution in [-0.2, 0) is 11.2 Å². The van der Waals surface area contributed by atoms with Gasteiger partial charge in [0.25, 0.3) is 5.91 Å². The van der Waals surface area contributed by atoms with E-state index in [2.05, 4.69) is 15.3 Å². The van der Waals surface area contributed by atoms with Gasteiger partial charge in [-0.15, -0.1) is 0 Å². The van der Waals surface area contributed by atoms with Gasteiger partial charge in [0.05, 0.1) is 29.4 Å². The molecule has 3 rings (SSSR count). The quantitative estimate of drug-likeness (QED) is 0.370. The van der Waals surface area contributed by atoms with Crippen molar-refractivity contribution in [1.29, 1.82) is 0 Å². The van der Waals surface area contributed by atoms with E-state index in [1.807, 2.05) is 0 Å². The van der Waals surface area contributed by atoms with E-state index >= 15 is 0 Å². The number of carbonyl (C=O) groups is 2. The van der Waals surface area contributed by atoms with Crippen LogP contribution >= 0.6 is 0 Å². The second-order valence-corrected chi connectivity index (χ2v) is 9.47. The number of nitrogens with one attached hydrogen (secondary N) is 1. The minimum Gasteiger partial charge on any atom is -0.391 e.